The number of benzene rings is 1. The van der Waals surface area contributed by atoms with Crippen LogP contribution in [0.5, 0.6) is 0 Å². The van der Waals surface area contributed by atoms with Crippen molar-refractivity contribution in [2.24, 2.45) is 0 Å². The number of amides is 1. The number of halogens is 3. The molecule has 2 aromatic heterocycles. The molecule has 32 heavy (non-hydrogen) atoms. The Labute approximate surface area is 185 Å². The van der Waals surface area contributed by atoms with Crippen molar-refractivity contribution in [2.75, 3.05) is 26.2 Å². The van der Waals surface area contributed by atoms with E-state index in [1.165, 1.54) is 38.7 Å². The van der Waals surface area contributed by atoms with E-state index in [0.29, 0.717) is 0 Å². The summed E-state index contributed by atoms with van der Waals surface area (Å²) in [6, 6.07) is 8.15. The minimum atomic E-state index is -4.59. The van der Waals surface area contributed by atoms with Crippen molar-refractivity contribution in [3.05, 3.63) is 58.7 Å². The quantitative estimate of drug-likeness (QED) is 0.567. The van der Waals surface area contributed by atoms with Gasteiger partial charge in [0.05, 0.1) is 17.4 Å². The molecule has 170 valence electrons. The van der Waals surface area contributed by atoms with Gasteiger partial charge in [0, 0.05) is 31.1 Å². The lowest BCUT2D eigenvalue weighted by Gasteiger charge is -2.33. The lowest BCUT2D eigenvalue weighted by molar-refractivity contribution is -0.137. The van der Waals surface area contributed by atoms with Crippen LogP contribution in [0.4, 0.5) is 13.2 Å². The van der Waals surface area contributed by atoms with Gasteiger partial charge in [-0.2, -0.15) is 17.5 Å². The summed E-state index contributed by atoms with van der Waals surface area (Å²) in [6.07, 6.45) is -3.44. The number of hydrogen-bond acceptors (Lipinski definition) is 6. The van der Waals surface area contributed by atoms with Crippen LogP contribution in [0.1, 0.15) is 20.9 Å². The molecular formula is C19H18F3N5O3S2. The number of piperazine rings is 1. The van der Waals surface area contributed by atoms with Crippen LogP contribution in [0.25, 0.3) is 5.69 Å². The monoisotopic (exact) mass is 485 g/mol. The van der Waals surface area contributed by atoms with E-state index >= 15 is 0 Å². The van der Waals surface area contributed by atoms with Gasteiger partial charge in [0.2, 0.25) is 0 Å². The predicted molar refractivity (Wildman–Crippen MR) is 110 cm³/mol. The topological polar surface area (TPSA) is 88.4 Å². The molecule has 8 nitrogen and oxygen atoms in total. The highest BCUT2D eigenvalue weighted by atomic mass is 32.2. The Morgan fingerprint density at radius 3 is 2.38 bits per heavy atom. The molecule has 0 aliphatic carbocycles. The van der Waals surface area contributed by atoms with Gasteiger partial charge in [-0.3, -0.25) is 4.79 Å². The highest BCUT2D eigenvalue weighted by molar-refractivity contribution is 7.91. The number of alkyl halides is 3. The Morgan fingerprint density at radius 1 is 1.06 bits per heavy atom. The third kappa shape index (κ3) is 4.27. The average molecular weight is 486 g/mol. The molecule has 0 atom stereocenters. The zero-order valence-corrected chi connectivity index (χ0v) is 18.4. The average Bonchev–Trinajstić information content (AvgIpc) is 3.42. The molecule has 0 N–H and O–H groups in total. The minimum absolute atomic E-state index is 0.107. The van der Waals surface area contributed by atoms with Crippen molar-refractivity contribution >= 4 is 27.3 Å². The van der Waals surface area contributed by atoms with Gasteiger partial charge in [-0.1, -0.05) is 17.3 Å². The van der Waals surface area contributed by atoms with Crippen molar-refractivity contribution in [3.8, 4) is 5.69 Å². The highest BCUT2D eigenvalue weighted by Gasteiger charge is 2.35. The van der Waals surface area contributed by atoms with Crippen molar-refractivity contribution in [3.63, 3.8) is 0 Å². The first kappa shape index (κ1) is 22.4. The Hall–Kier alpha value is -2.77. The van der Waals surface area contributed by atoms with E-state index in [-0.39, 0.29) is 41.8 Å². The first-order valence-electron chi connectivity index (χ1n) is 9.52. The van der Waals surface area contributed by atoms with Crippen LogP contribution >= 0.6 is 11.3 Å². The van der Waals surface area contributed by atoms with Gasteiger partial charge in [-0.15, -0.1) is 16.4 Å². The SMILES string of the molecule is Cc1ccc(S(=O)(=O)N2CCN(C(=O)c3cn(-c4ccccc4C(F)(F)F)nn3)CC2)s1. The molecule has 1 aliphatic heterocycles. The van der Waals surface area contributed by atoms with Gasteiger partial charge < -0.3 is 4.90 Å². The number of aryl methyl sites for hydroxylation is 1. The fourth-order valence-electron chi connectivity index (χ4n) is 3.36. The lowest BCUT2D eigenvalue weighted by atomic mass is 10.1. The van der Waals surface area contributed by atoms with Crippen LogP contribution in [0, 0.1) is 6.92 Å². The fourth-order valence-corrected chi connectivity index (χ4v) is 6.22. The van der Waals surface area contributed by atoms with Gasteiger partial charge in [-0.05, 0) is 31.2 Å². The smallest absolute Gasteiger partial charge is 0.335 e. The molecule has 13 heteroatoms. The number of thiophene rings is 1. The van der Waals surface area contributed by atoms with Crippen molar-refractivity contribution in [1.82, 2.24) is 24.2 Å². The van der Waals surface area contributed by atoms with E-state index in [1.54, 1.807) is 12.1 Å². The Morgan fingerprint density at radius 2 is 1.75 bits per heavy atom. The number of carbonyl (C=O) groups is 1. The molecule has 0 unspecified atom stereocenters. The summed E-state index contributed by atoms with van der Waals surface area (Å²) >= 11 is 1.18. The third-order valence-electron chi connectivity index (χ3n) is 5.00. The van der Waals surface area contributed by atoms with Crippen LogP contribution in [0.3, 0.4) is 0 Å². The number of nitrogens with zero attached hydrogens (tertiary/aromatic N) is 5. The van der Waals surface area contributed by atoms with Crippen molar-refractivity contribution in [1.29, 1.82) is 0 Å². The van der Waals surface area contributed by atoms with Crippen LogP contribution in [0.15, 0.2) is 46.8 Å². The molecule has 1 amide bonds. The van der Waals surface area contributed by atoms with Gasteiger partial charge in [-0.25, -0.2) is 13.1 Å². The summed E-state index contributed by atoms with van der Waals surface area (Å²) in [5, 5.41) is 7.42. The summed E-state index contributed by atoms with van der Waals surface area (Å²) in [4.78, 5) is 15.1. The second kappa shape index (κ2) is 8.30. The van der Waals surface area contributed by atoms with E-state index in [4.69, 9.17) is 0 Å². The molecule has 0 radical (unpaired) electrons. The standard InChI is InChI=1S/C19H18F3N5O3S2/c1-13-6-7-17(31-13)32(29,30)26-10-8-25(9-11-26)18(28)15-12-27(24-23-15)16-5-3-2-4-14(16)19(20,21)22/h2-7,12H,8-11H2,1H3. The summed E-state index contributed by atoms with van der Waals surface area (Å²) in [5.41, 5.74) is -1.26. The maximum atomic E-state index is 13.3. The number of aromatic nitrogens is 3. The van der Waals surface area contributed by atoms with Gasteiger partial charge in [0.15, 0.2) is 5.69 Å². The number of rotatable bonds is 4. The van der Waals surface area contributed by atoms with Crippen molar-refractivity contribution in [2.45, 2.75) is 17.3 Å². The Kier molecular flexibility index (Phi) is 5.81. The second-order valence-corrected chi connectivity index (χ2v) is 10.6. The normalized spacial score (nSPS) is 15.8. The van der Waals surface area contributed by atoms with Crippen LogP contribution in [-0.2, 0) is 16.2 Å². The first-order valence-corrected chi connectivity index (χ1v) is 11.8. The molecule has 1 fully saturated rings. The summed E-state index contributed by atoms with van der Waals surface area (Å²) < 4.78 is 67.7. The van der Waals surface area contributed by atoms with Crippen LogP contribution in [0.2, 0.25) is 0 Å². The highest BCUT2D eigenvalue weighted by Crippen LogP contribution is 2.33. The fraction of sp³-hybridized carbons (Fsp3) is 0.316. The zero-order valence-electron chi connectivity index (χ0n) is 16.8. The van der Waals surface area contributed by atoms with E-state index in [9.17, 15) is 26.4 Å². The number of carbonyl (C=O) groups excluding carboxylic acids is 1. The van der Waals surface area contributed by atoms with Crippen molar-refractivity contribution < 1.29 is 26.4 Å². The summed E-state index contributed by atoms with van der Waals surface area (Å²) in [5.74, 6) is -0.523. The molecule has 0 saturated carbocycles. The third-order valence-corrected chi connectivity index (χ3v) is 8.37. The molecule has 1 aromatic carbocycles. The molecule has 3 aromatic rings. The van der Waals surface area contributed by atoms with E-state index in [0.717, 1.165) is 21.8 Å². The molecule has 4 rings (SSSR count). The molecule has 3 heterocycles. The Balaban J connectivity index is 1.47. The van der Waals surface area contributed by atoms with E-state index in [2.05, 4.69) is 10.3 Å². The second-order valence-electron chi connectivity index (χ2n) is 7.12. The van der Waals surface area contributed by atoms with Crippen LogP contribution < -0.4 is 0 Å². The molecule has 0 spiro atoms. The maximum Gasteiger partial charge on any atom is 0.418 e. The predicted octanol–water partition coefficient (Wildman–Crippen LogP) is 2.80. The zero-order chi connectivity index (χ0) is 23.1. The largest absolute Gasteiger partial charge is 0.418 e. The summed E-state index contributed by atoms with van der Waals surface area (Å²) in [6.45, 7) is 2.30. The molecule has 1 saturated heterocycles. The van der Waals surface area contributed by atoms with Gasteiger partial charge >= 0.3 is 6.18 Å². The van der Waals surface area contributed by atoms with Crippen LogP contribution in [-0.4, -0.2) is 64.7 Å². The number of hydrogen-bond donors (Lipinski definition) is 0. The molecule has 0 bridgehead atoms. The molecule has 1 aliphatic rings. The molecular weight excluding hydrogens is 467 g/mol. The van der Waals surface area contributed by atoms with Gasteiger partial charge in [0.1, 0.15) is 4.21 Å². The maximum absolute atomic E-state index is 13.3. The van der Waals surface area contributed by atoms with E-state index in [1.807, 2.05) is 6.92 Å². The van der Waals surface area contributed by atoms with E-state index < -0.39 is 27.7 Å². The summed E-state index contributed by atoms with van der Waals surface area (Å²) in [7, 11) is -3.63. The number of sulfonamides is 1. The van der Waals surface area contributed by atoms with Gasteiger partial charge in [0.25, 0.3) is 15.9 Å². The number of para-hydroxylation sites is 1. The lowest BCUT2D eigenvalue weighted by Crippen LogP contribution is -2.50. The first-order chi connectivity index (χ1) is 15.1. The Bertz CT molecular complexity index is 1240. The minimum Gasteiger partial charge on any atom is -0.335 e.